The summed E-state index contributed by atoms with van der Waals surface area (Å²) < 4.78 is 0. The molecule has 0 atom stereocenters. The molecule has 6 aromatic rings. The standard InChI is InChI=1S/C42H32N4O4/c47-39-11-7-35-19-31(39)17-33-21-37(9-13-41(33)49)45-25-29-5-2-6-30(16-29)26-46-38-10-14-42(50)34(22-38)18-32-20-36(8-12-40(32)48)44-24-28-4-1-3-27(15-28)23-43-35/h1-16,19-26,47-50H,17-18H2. The molecule has 0 fully saturated rings. The Morgan fingerprint density at radius 2 is 0.580 bits per heavy atom. The van der Waals surface area contributed by atoms with Crippen LogP contribution in [-0.4, -0.2) is 45.3 Å². The van der Waals surface area contributed by atoms with Gasteiger partial charge >= 0.3 is 0 Å². The van der Waals surface area contributed by atoms with Crippen molar-refractivity contribution in [3.05, 3.63) is 166 Å². The van der Waals surface area contributed by atoms with Crippen molar-refractivity contribution in [2.24, 2.45) is 20.0 Å². The van der Waals surface area contributed by atoms with Gasteiger partial charge in [-0.3, -0.25) is 20.0 Å². The molecule has 0 amide bonds. The summed E-state index contributed by atoms with van der Waals surface area (Å²) >= 11 is 0. The Balaban J connectivity index is 1.28. The van der Waals surface area contributed by atoms with E-state index >= 15 is 0 Å². The summed E-state index contributed by atoms with van der Waals surface area (Å²) in [6.07, 6.45) is 7.53. The Bertz CT molecular complexity index is 2020. The van der Waals surface area contributed by atoms with E-state index in [0.29, 0.717) is 45.0 Å². The molecule has 1 aliphatic heterocycles. The quantitative estimate of drug-likeness (QED) is 0.130. The molecule has 0 saturated carbocycles. The molecule has 50 heavy (non-hydrogen) atoms. The summed E-state index contributed by atoms with van der Waals surface area (Å²) in [6.45, 7) is 0. The van der Waals surface area contributed by atoms with Crippen LogP contribution in [0.15, 0.2) is 141 Å². The predicted molar refractivity (Wildman–Crippen MR) is 200 cm³/mol. The van der Waals surface area contributed by atoms with E-state index in [4.69, 9.17) is 0 Å². The van der Waals surface area contributed by atoms with Crippen LogP contribution in [0.3, 0.4) is 0 Å². The molecule has 6 aromatic carbocycles. The normalized spacial score (nSPS) is 12.6. The molecule has 1 aliphatic rings. The van der Waals surface area contributed by atoms with Crippen molar-refractivity contribution in [1.29, 1.82) is 0 Å². The van der Waals surface area contributed by atoms with Crippen molar-refractivity contribution in [3.63, 3.8) is 0 Å². The fourth-order valence-corrected chi connectivity index (χ4v) is 5.62. The second-order valence-corrected chi connectivity index (χ2v) is 12.0. The summed E-state index contributed by atoms with van der Waals surface area (Å²) in [6, 6.07) is 36.0. The number of benzene rings is 6. The van der Waals surface area contributed by atoms with Crippen LogP contribution in [-0.2, 0) is 12.8 Å². The molecule has 0 radical (unpaired) electrons. The van der Waals surface area contributed by atoms with Crippen LogP contribution in [0.5, 0.6) is 23.0 Å². The van der Waals surface area contributed by atoms with Gasteiger partial charge in [0.25, 0.3) is 0 Å². The topological polar surface area (TPSA) is 130 Å². The maximum absolute atomic E-state index is 10.7. The number of hydrogen-bond donors (Lipinski definition) is 4. The lowest BCUT2D eigenvalue weighted by Gasteiger charge is -2.09. The van der Waals surface area contributed by atoms with Gasteiger partial charge in [0.2, 0.25) is 0 Å². The SMILES string of the molecule is Oc1ccc2cc1Cc1cc(ccc1O)N=Cc1cccc(c1)C=Nc1ccc(O)c(c1)Cc1cc(ccc1O)N=Cc1cccc(c1)C=N2. The van der Waals surface area contributed by atoms with Crippen molar-refractivity contribution >= 4 is 47.6 Å². The van der Waals surface area contributed by atoms with E-state index in [-0.39, 0.29) is 35.8 Å². The lowest BCUT2D eigenvalue weighted by molar-refractivity contribution is 0.462. The number of hydrogen-bond acceptors (Lipinski definition) is 8. The maximum atomic E-state index is 10.7. The number of phenols is 4. The molecule has 0 aliphatic carbocycles. The maximum Gasteiger partial charge on any atom is 0.119 e. The molecule has 12 bridgehead atoms. The van der Waals surface area contributed by atoms with E-state index in [1.165, 1.54) is 0 Å². The number of aromatic hydroxyl groups is 4. The first-order valence-corrected chi connectivity index (χ1v) is 16.0. The van der Waals surface area contributed by atoms with E-state index in [0.717, 1.165) is 22.3 Å². The summed E-state index contributed by atoms with van der Waals surface area (Å²) in [5.41, 5.74) is 8.49. The molecule has 8 heteroatoms. The molecular weight excluding hydrogens is 624 g/mol. The largest absolute Gasteiger partial charge is 0.508 e. The highest BCUT2D eigenvalue weighted by Gasteiger charge is 2.11. The van der Waals surface area contributed by atoms with Crippen LogP contribution < -0.4 is 0 Å². The van der Waals surface area contributed by atoms with Crippen LogP contribution in [0.1, 0.15) is 44.5 Å². The molecule has 244 valence electrons. The van der Waals surface area contributed by atoms with E-state index in [1.807, 2.05) is 48.5 Å². The summed E-state index contributed by atoms with van der Waals surface area (Å²) in [4.78, 5) is 18.6. The van der Waals surface area contributed by atoms with Crippen molar-refractivity contribution in [1.82, 2.24) is 0 Å². The fourth-order valence-electron chi connectivity index (χ4n) is 5.62. The lowest BCUT2D eigenvalue weighted by atomic mass is 10.0. The summed E-state index contributed by atoms with van der Waals surface area (Å²) in [5.74, 6) is 0.424. The van der Waals surface area contributed by atoms with Crippen molar-refractivity contribution in [2.75, 3.05) is 0 Å². The van der Waals surface area contributed by atoms with Gasteiger partial charge in [0.15, 0.2) is 0 Å². The van der Waals surface area contributed by atoms with Gasteiger partial charge in [-0.25, -0.2) is 0 Å². The van der Waals surface area contributed by atoms with Gasteiger partial charge in [0, 0.05) is 60.0 Å². The average molecular weight is 657 g/mol. The highest BCUT2D eigenvalue weighted by Crippen LogP contribution is 2.32. The van der Waals surface area contributed by atoms with Crippen LogP contribution >= 0.6 is 0 Å². The van der Waals surface area contributed by atoms with Gasteiger partial charge in [-0.05, 0) is 107 Å². The van der Waals surface area contributed by atoms with Crippen molar-refractivity contribution in [3.8, 4) is 23.0 Å². The average Bonchev–Trinajstić information content (AvgIpc) is 3.13. The summed E-state index contributed by atoms with van der Waals surface area (Å²) in [5, 5.41) is 42.6. The number of aliphatic imine (C=N–C) groups is 4. The number of rotatable bonds is 0. The van der Waals surface area contributed by atoms with Gasteiger partial charge in [-0.1, -0.05) is 36.4 Å². The number of nitrogens with zero attached hydrogens (tertiary/aromatic N) is 4. The molecule has 4 N–H and O–H groups in total. The van der Waals surface area contributed by atoms with Crippen molar-refractivity contribution < 1.29 is 20.4 Å². The summed E-state index contributed by atoms with van der Waals surface area (Å²) in [7, 11) is 0. The molecule has 7 rings (SSSR count). The highest BCUT2D eigenvalue weighted by atomic mass is 16.3. The second kappa shape index (κ2) is 14.1. The predicted octanol–water partition coefficient (Wildman–Crippen LogP) is 9.01. The third-order valence-corrected chi connectivity index (χ3v) is 8.29. The lowest BCUT2D eigenvalue weighted by Crippen LogP contribution is -1.91. The fraction of sp³-hybridized carbons (Fsp3) is 0.0476. The van der Waals surface area contributed by atoms with Gasteiger partial charge in [-0.2, -0.15) is 0 Å². The minimum absolute atomic E-state index is 0.106. The first-order valence-electron chi connectivity index (χ1n) is 16.0. The van der Waals surface area contributed by atoms with Gasteiger partial charge < -0.3 is 20.4 Å². The molecule has 0 saturated heterocycles. The van der Waals surface area contributed by atoms with Gasteiger partial charge in [0.1, 0.15) is 23.0 Å². The number of fused-ring (bicyclic) bond motifs is 12. The van der Waals surface area contributed by atoms with E-state index in [2.05, 4.69) is 20.0 Å². The monoisotopic (exact) mass is 656 g/mol. The Kier molecular flexibility index (Phi) is 8.98. The zero-order valence-corrected chi connectivity index (χ0v) is 26.8. The third kappa shape index (κ3) is 7.67. The van der Waals surface area contributed by atoms with Crippen LogP contribution in [0.2, 0.25) is 0 Å². The molecule has 8 nitrogen and oxygen atoms in total. The molecule has 0 unspecified atom stereocenters. The zero-order chi connectivity index (χ0) is 34.5. The first kappa shape index (κ1) is 31.8. The molecule has 0 spiro atoms. The Morgan fingerprint density at radius 3 is 0.840 bits per heavy atom. The van der Waals surface area contributed by atoms with Crippen molar-refractivity contribution in [2.45, 2.75) is 12.8 Å². The van der Waals surface area contributed by atoms with Gasteiger partial charge in [0.05, 0.1) is 22.7 Å². The molecule has 0 aromatic heterocycles. The van der Waals surface area contributed by atoms with E-state index < -0.39 is 0 Å². The Hall–Kier alpha value is -6.80. The highest BCUT2D eigenvalue weighted by molar-refractivity contribution is 5.89. The smallest absolute Gasteiger partial charge is 0.119 e. The molecular formula is C42H32N4O4. The van der Waals surface area contributed by atoms with E-state index in [1.54, 1.807) is 97.7 Å². The zero-order valence-electron chi connectivity index (χ0n) is 26.8. The Labute approximate surface area is 289 Å². The second-order valence-electron chi connectivity index (χ2n) is 12.0. The minimum atomic E-state index is 0.106. The van der Waals surface area contributed by atoms with Crippen LogP contribution in [0, 0.1) is 0 Å². The molecule has 1 heterocycles. The van der Waals surface area contributed by atoms with Gasteiger partial charge in [-0.15, -0.1) is 0 Å². The van der Waals surface area contributed by atoms with Crippen LogP contribution in [0.25, 0.3) is 0 Å². The Morgan fingerprint density at radius 1 is 0.320 bits per heavy atom. The van der Waals surface area contributed by atoms with Crippen LogP contribution in [0.4, 0.5) is 22.7 Å². The third-order valence-electron chi connectivity index (χ3n) is 8.29. The minimum Gasteiger partial charge on any atom is -0.508 e. The number of phenolic OH excluding ortho intramolecular Hbond substituents is 4. The first-order chi connectivity index (χ1) is 24.3. The van der Waals surface area contributed by atoms with E-state index in [9.17, 15) is 20.4 Å².